The Hall–Kier alpha value is -3.51. The molecule has 0 atom stereocenters. The third kappa shape index (κ3) is 3.77. The van der Waals surface area contributed by atoms with Gasteiger partial charge in [0.1, 0.15) is 0 Å². The minimum atomic E-state index is -0.866. The molecule has 2 aromatic carbocycles. The first-order valence-corrected chi connectivity index (χ1v) is 14.6. The quantitative estimate of drug-likeness (QED) is 0.259. The molecular weight excluding hydrogens is 490 g/mol. The number of nitrogens with zero attached hydrogens (tertiary/aromatic N) is 3. The molecule has 5 aromatic rings. The molecule has 2 aliphatic rings. The molecule has 7 rings (SSSR count). The topological polar surface area (TPSA) is 68.0 Å². The van der Waals surface area contributed by atoms with Crippen molar-refractivity contribution in [3.05, 3.63) is 69.9 Å². The fourth-order valence-electron chi connectivity index (χ4n) is 6.80. The number of carboxylic acid groups (broad SMARTS) is 1. The number of aryl methyl sites for hydroxylation is 4. The summed E-state index contributed by atoms with van der Waals surface area (Å²) in [4.78, 5) is 22.7. The molecule has 0 radical (unpaired) electrons. The van der Waals surface area contributed by atoms with Crippen molar-refractivity contribution in [2.24, 2.45) is 0 Å². The summed E-state index contributed by atoms with van der Waals surface area (Å²) in [7, 11) is 0. The molecule has 1 aliphatic heterocycles. The van der Waals surface area contributed by atoms with E-state index < -0.39 is 5.97 Å². The molecule has 0 spiro atoms. The van der Waals surface area contributed by atoms with Crippen molar-refractivity contribution >= 4 is 39.1 Å². The molecule has 1 fully saturated rings. The Kier molecular flexibility index (Phi) is 5.62. The number of hydrogen-bond donors (Lipinski definition) is 1. The van der Waals surface area contributed by atoms with Crippen LogP contribution in [0.15, 0.2) is 42.5 Å². The van der Waals surface area contributed by atoms with Crippen LogP contribution in [0.3, 0.4) is 0 Å². The summed E-state index contributed by atoms with van der Waals surface area (Å²) in [5.74, 6) is -0.354. The van der Waals surface area contributed by atoms with Gasteiger partial charge < -0.3 is 9.67 Å². The van der Waals surface area contributed by atoms with Gasteiger partial charge in [0.25, 0.3) is 0 Å². The standard InChI is InChI=1S/C32H31N3O2S/c1-18-31(38-19(2)33-18)26-13-11-22-15-25-21(16-27(22)34-26)9-6-14-35-28-17-23(32(36)37)10-12-24(28)29(30(25)35)20-7-4-3-5-8-20/h10-13,15-17,20H,3-9,14H2,1-2H3,(H,36,37). The van der Waals surface area contributed by atoms with Crippen LogP contribution in [0.5, 0.6) is 0 Å². The highest BCUT2D eigenvalue weighted by molar-refractivity contribution is 7.15. The maximum absolute atomic E-state index is 11.9. The fourth-order valence-corrected chi connectivity index (χ4v) is 7.69. The monoisotopic (exact) mass is 521 g/mol. The highest BCUT2D eigenvalue weighted by atomic mass is 32.1. The minimum absolute atomic E-state index is 0.362. The Labute approximate surface area is 226 Å². The summed E-state index contributed by atoms with van der Waals surface area (Å²) in [5.41, 5.74) is 9.87. The molecule has 1 N–H and O–H groups in total. The SMILES string of the molecule is Cc1nc(C)c(-c2ccc3cc4c(cc3n2)CCCn2c-4c(C3CCCCC3)c3ccc(C(=O)O)cc32)s1. The maximum Gasteiger partial charge on any atom is 0.335 e. The molecule has 0 unspecified atom stereocenters. The van der Waals surface area contributed by atoms with Gasteiger partial charge in [-0.3, -0.25) is 0 Å². The van der Waals surface area contributed by atoms with E-state index in [4.69, 9.17) is 4.98 Å². The van der Waals surface area contributed by atoms with Gasteiger partial charge in [0, 0.05) is 28.4 Å². The zero-order chi connectivity index (χ0) is 26.0. The van der Waals surface area contributed by atoms with Gasteiger partial charge in [0.05, 0.1) is 38.0 Å². The predicted octanol–water partition coefficient (Wildman–Crippen LogP) is 8.29. The molecule has 192 valence electrons. The van der Waals surface area contributed by atoms with Crippen molar-refractivity contribution in [2.45, 2.75) is 71.3 Å². The molecule has 6 heteroatoms. The Morgan fingerprint density at radius 3 is 2.61 bits per heavy atom. The third-order valence-electron chi connectivity index (χ3n) is 8.50. The summed E-state index contributed by atoms with van der Waals surface area (Å²) in [5, 5.41) is 13.2. The van der Waals surface area contributed by atoms with E-state index in [9.17, 15) is 9.90 Å². The van der Waals surface area contributed by atoms with Gasteiger partial charge in [-0.1, -0.05) is 31.4 Å². The zero-order valence-electron chi connectivity index (χ0n) is 21.9. The predicted molar refractivity (Wildman–Crippen MR) is 154 cm³/mol. The average molecular weight is 522 g/mol. The molecule has 1 saturated carbocycles. The Morgan fingerprint density at radius 2 is 1.84 bits per heavy atom. The molecule has 3 aromatic heterocycles. The van der Waals surface area contributed by atoms with E-state index in [2.05, 4.69) is 46.8 Å². The number of pyridine rings is 1. The minimum Gasteiger partial charge on any atom is -0.478 e. The molecule has 0 amide bonds. The van der Waals surface area contributed by atoms with Crippen LogP contribution in [-0.2, 0) is 13.0 Å². The van der Waals surface area contributed by atoms with Gasteiger partial charge in [-0.2, -0.15) is 0 Å². The summed E-state index contributed by atoms with van der Waals surface area (Å²) in [6.45, 7) is 5.00. The molecule has 0 bridgehead atoms. The second kappa shape index (κ2) is 9.05. The number of aromatic carboxylic acids is 1. The van der Waals surface area contributed by atoms with Crippen LogP contribution in [0.2, 0.25) is 0 Å². The van der Waals surface area contributed by atoms with Gasteiger partial charge in [-0.15, -0.1) is 11.3 Å². The number of fused-ring (bicyclic) bond motifs is 6. The van der Waals surface area contributed by atoms with Crippen LogP contribution in [0.4, 0.5) is 0 Å². The lowest BCUT2D eigenvalue weighted by Gasteiger charge is -2.24. The van der Waals surface area contributed by atoms with E-state index in [0.29, 0.717) is 11.5 Å². The average Bonchev–Trinajstić information content (AvgIpc) is 3.37. The van der Waals surface area contributed by atoms with Gasteiger partial charge in [-0.25, -0.2) is 14.8 Å². The van der Waals surface area contributed by atoms with Crippen LogP contribution in [0, 0.1) is 13.8 Å². The molecular formula is C32H31N3O2S. The molecule has 0 saturated heterocycles. The van der Waals surface area contributed by atoms with Gasteiger partial charge in [0.2, 0.25) is 0 Å². The fraction of sp³-hybridized carbons (Fsp3) is 0.344. The number of carboxylic acids is 1. The highest BCUT2D eigenvalue weighted by Gasteiger charge is 2.29. The lowest BCUT2D eigenvalue weighted by atomic mass is 9.81. The normalized spacial score (nSPS) is 15.9. The van der Waals surface area contributed by atoms with Crippen molar-refractivity contribution in [1.29, 1.82) is 0 Å². The summed E-state index contributed by atoms with van der Waals surface area (Å²) in [6.07, 6.45) is 8.24. The van der Waals surface area contributed by atoms with Crippen LogP contribution >= 0.6 is 11.3 Å². The first-order chi connectivity index (χ1) is 18.5. The number of hydrogen-bond acceptors (Lipinski definition) is 4. The summed E-state index contributed by atoms with van der Waals surface area (Å²) >= 11 is 1.70. The van der Waals surface area contributed by atoms with Crippen LogP contribution in [0.25, 0.3) is 43.6 Å². The number of carbonyl (C=O) groups is 1. The number of rotatable bonds is 3. The van der Waals surface area contributed by atoms with E-state index in [1.54, 1.807) is 17.4 Å². The van der Waals surface area contributed by atoms with Crippen LogP contribution < -0.4 is 0 Å². The van der Waals surface area contributed by atoms with E-state index in [1.807, 2.05) is 13.0 Å². The number of benzene rings is 2. The smallest absolute Gasteiger partial charge is 0.335 e. The first-order valence-electron chi connectivity index (χ1n) is 13.8. The van der Waals surface area contributed by atoms with Gasteiger partial charge in [0.15, 0.2) is 0 Å². The van der Waals surface area contributed by atoms with Gasteiger partial charge >= 0.3 is 5.97 Å². The Balaban J connectivity index is 1.46. The lowest BCUT2D eigenvalue weighted by Crippen LogP contribution is -2.07. The second-order valence-electron chi connectivity index (χ2n) is 10.9. The Bertz CT molecular complexity index is 1740. The first kappa shape index (κ1) is 23.6. The third-order valence-corrected chi connectivity index (χ3v) is 9.59. The highest BCUT2D eigenvalue weighted by Crippen LogP contribution is 2.47. The molecule has 1 aliphatic carbocycles. The van der Waals surface area contributed by atoms with E-state index in [0.717, 1.165) is 57.1 Å². The van der Waals surface area contributed by atoms with Crippen molar-refractivity contribution in [1.82, 2.24) is 14.5 Å². The Morgan fingerprint density at radius 1 is 1.00 bits per heavy atom. The second-order valence-corrected chi connectivity index (χ2v) is 12.1. The summed E-state index contributed by atoms with van der Waals surface area (Å²) in [6, 6.07) is 14.7. The van der Waals surface area contributed by atoms with E-state index >= 15 is 0 Å². The van der Waals surface area contributed by atoms with Crippen LogP contribution in [-0.4, -0.2) is 25.6 Å². The van der Waals surface area contributed by atoms with Crippen molar-refractivity contribution < 1.29 is 9.90 Å². The lowest BCUT2D eigenvalue weighted by molar-refractivity contribution is 0.0697. The van der Waals surface area contributed by atoms with Crippen molar-refractivity contribution in [3.8, 4) is 21.8 Å². The molecule has 4 heterocycles. The molecule has 5 nitrogen and oxygen atoms in total. The largest absolute Gasteiger partial charge is 0.478 e. The molecule has 38 heavy (non-hydrogen) atoms. The zero-order valence-corrected chi connectivity index (χ0v) is 22.7. The van der Waals surface area contributed by atoms with E-state index in [1.165, 1.54) is 59.9 Å². The number of aromatic nitrogens is 3. The van der Waals surface area contributed by atoms with Crippen LogP contribution in [0.1, 0.15) is 76.6 Å². The maximum atomic E-state index is 11.9. The van der Waals surface area contributed by atoms with E-state index in [-0.39, 0.29) is 0 Å². The van der Waals surface area contributed by atoms with Crippen molar-refractivity contribution in [2.75, 3.05) is 0 Å². The van der Waals surface area contributed by atoms with Gasteiger partial charge in [-0.05, 0) is 86.9 Å². The summed E-state index contributed by atoms with van der Waals surface area (Å²) < 4.78 is 2.43. The van der Waals surface area contributed by atoms with Crippen molar-refractivity contribution in [3.63, 3.8) is 0 Å². The number of thiazole rings is 1.